The molecule has 1 unspecified atom stereocenters. The summed E-state index contributed by atoms with van der Waals surface area (Å²) in [4.78, 5) is 0. The fraction of sp³-hybridized carbons (Fsp3) is 1.00. The van der Waals surface area contributed by atoms with Gasteiger partial charge in [0, 0.05) is 0 Å². The summed E-state index contributed by atoms with van der Waals surface area (Å²) in [6, 6.07) is 0.0926. The zero-order valence-electron chi connectivity index (χ0n) is 5.54. The molecule has 1 fully saturated rings. The van der Waals surface area contributed by atoms with Crippen LogP contribution in [0.1, 0.15) is 6.42 Å². The average molecular weight is 188 g/mol. The van der Waals surface area contributed by atoms with Gasteiger partial charge in [0.1, 0.15) is 0 Å². The van der Waals surface area contributed by atoms with Gasteiger partial charge >= 0.3 is 0 Å². The predicted octanol–water partition coefficient (Wildman–Crippen LogP) is -1.66. The Labute approximate surface area is 66.5 Å². The Balaban J connectivity index is 0.000000810. The smallest absolute Gasteiger partial charge is 0.152 e. The summed E-state index contributed by atoms with van der Waals surface area (Å²) in [5.74, 6) is 4.00. The van der Waals surface area contributed by atoms with Crippen LogP contribution in [0, 0.1) is 0 Å². The molecule has 4 nitrogen and oxygen atoms in total. The van der Waals surface area contributed by atoms with Gasteiger partial charge in [-0.3, -0.25) is 5.84 Å². The topological polar surface area (TPSA) is 73.8 Å². The molecule has 1 saturated heterocycles. The van der Waals surface area contributed by atoms with Gasteiger partial charge in [-0.15, -0.1) is 12.4 Å². The number of nitrogens with one attached hydrogen (secondary N) is 1. The average Bonchev–Trinajstić information content (AvgIpc) is 2.10. The Morgan fingerprint density at radius 2 is 2.10 bits per heavy atom. The van der Waals surface area contributed by atoms with Crippen molar-refractivity contribution in [1.29, 1.82) is 0 Å². The highest BCUT2D eigenvalue weighted by atomic mass is 35.5. The van der Waals surface area contributed by atoms with Crippen LogP contribution in [0.3, 0.4) is 0 Å². The molecule has 1 atom stereocenters. The van der Waals surface area contributed by atoms with Crippen LogP contribution in [-0.2, 0) is 9.84 Å². The van der Waals surface area contributed by atoms with Crippen LogP contribution >= 0.6 is 12.4 Å². The van der Waals surface area contributed by atoms with Gasteiger partial charge in [-0.25, -0.2) is 8.42 Å². The lowest BCUT2D eigenvalue weighted by Gasteiger charge is -1.98. The minimum atomic E-state index is -2.71. The van der Waals surface area contributed by atoms with Gasteiger partial charge in [0.25, 0.3) is 0 Å². The van der Waals surface area contributed by atoms with Crippen molar-refractivity contribution in [3.05, 3.63) is 0 Å². The summed E-state index contributed by atoms with van der Waals surface area (Å²) in [6.45, 7) is 0. The molecule has 10 heavy (non-hydrogen) atoms. The van der Waals surface area contributed by atoms with Crippen LogP contribution < -0.4 is 11.3 Å². The van der Waals surface area contributed by atoms with Gasteiger partial charge < -0.3 is 0 Å². The van der Waals surface area contributed by atoms with E-state index in [0.717, 1.165) is 0 Å². The first kappa shape index (κ1) is 10.2. The van der Waals surface area contributed by atoms with E-state index >= 15 is 0 Å². The molecule has 1 rings (SSSR count). The molecule has 0 radical (unpaired) electrons. The fourth-order valence-electron chi connectivity index (χ4n) is 0.956. The summed E-state index contributed by atoms with van der Waals surface area (Å²) < 4.78 is 21.5. The van der Waals surface area contributed by atoms with Gasteiger partial charge in [0.2, 0.25) is 0 Å². The minimum Gasteiger partial charge on any atom is -0.280 e. The molecule has 0 saturated carbocycles. The highest BCUT2D eigenvalue weighted by molar-refractivity contribution is 7.91. The van der Waals surface area contributed by atoms with Crippen LogP contribution in [0.2, 0.25) is 0 Å². The molecule has 6 heteroatoms. The molecule has 0 aromatic heterocycles. The minimum absolute atomic E-state index is 0. The van der Waals surface area contributed by atoms with Crippen molar-refractivity contribution in [3.8, 4) is 0 Å². The zero-order chi connectivity index (χ0) is 6.91. The van der Waals surface area contributed by atoms with Gasteiger partial charge in [-0.1, -0.05) is 0 Å². The van der Waals surface area contributed by atoms with E-state index in [4.69, 9.17) is 0 Å². The highest BCUT2D eigenvalue weighted by Crippen LogP contribution is 2.09. The molecule has 0 aromatic carbocycles. The number of hydrogen-bond acceptors (Lipinski definition) is 3. The van der Waals surface area contributed by atoms with Crippen molar-refractivity contribution in [2.45, 2.75) is 12.5 Å². The molecule has 0 aliphatic carbocycles. The quantitative estimate of drug-likeness (QED) is 0.483. The maximum absolute atomic E-state index is 10.7. The molecule has 4 N–H and O–H groups in total. The molecular formula is C4H12ClN2O2S+. The van der Waals surface area contributed by atoms with E-state index in [1.165, 1.54) is 0 Å². The van der Waals surface area contributed by atoms with Crippen molar-refractivity contribution < 1.29 is 14.3 Å². The van der Waals surface area contributed by atoms with Crippen molar-refractivity contribution >= 4 is 22.2 Å². The largest absolute Gasteiger partial charge is 0.280 e. The second kappa shape index (κ2) is 3.52. The van der Waals surface area contributed by atoms with E-state index in [1.807, 2.05) is 0 Å². The van der Waals surface area contributed by atoms with Gasteiger partial charge in [-0.2, -0.15) is 5.43 Å². The first-order chi connectivity index (χ1) is 4.14. The van der Waals surface area contributed by atoms with Crippen molar-refractivity contribution in [3.63, 3.8) is 0 Å². The van der Waals surface area contributed by atoms with Crippen molar-refractivity contribution in [2.75, 3.05) is 11.5 Å². The third kappa shape index (κ3) is 2.42. The van der Waals surface area contributed by atoms with Gasteiger partial charge in [0.15, 0.2) is 9.84 Å². The molecule has 1 aliphatic heterocycles. The van der Waals surface area contributed by atoms with Crippen LogP contribution in [0.5, 0.6) is 0 Å². The van der Waals surface area contributed by atoms with Gasteiger partial charge in [-0.05, 0) is 6.42 Å². The highest BCUT2D eigenvalue weighted by Gasteiger charge is 2.27. The van der Waals surface area contributed by atoms with E-state index in [2.05, 4.69) is 11.3 Å². The first-order valence-electron chi connectivity index (χ1n) is 2.87. The van der Waals surface area contributed by atoms with Crippen LogP contribution in [-0.4, -0.2) is 26.0 Å². The maximum Gasteiger partial charge on any atom is 0.152 e. The molecule has 1 aliphatic rings. The molecule has 0 amide bonds. The lowest BCUT2D eigenvalue weighted by Crippen LogP contribution is -2.68. The van der Waals surface area contributed by atoms with Crippen LogP contribution in [0.15, 0.2) is 0 Å². The second-order valence-electron chi connectivity index (χ2n) is 2.30. The Kier molecular flexibility index (Phi) is 3.58. The van der Waals surface area contributed by atoms with Gasteiger partial charge in [0.05, 0.1) is 17.5 Å². The van der Waals surface area contributed by atoms with E-state index in [9.17, 15) is 8.42 Å². The predicted molar refractivity (Wildman–Crippen MR) is 40.3 cm³/mol. The normalized spacial score (nSPS) is 29.5. The summed E-state index contributed by atoms with van der Waals surface area (Å²) in [7, 11) is -2.71. The third-order valence-corrected chi connectivity index (χ3v) is 3.29. The summed E-state index contributed by atoms with van der Waals surface area (Å²) >= 11 is 0. The van der Waals surface area contributed by atoms with E-state index in [1.54, 1.807) is 0 Å². The van der Waals surface area contributed by atoms with Crippen LogP contribution in [0.4, 0.5) is 0 Å². The van der Waals surface area contributed by atoms with E-state index in [0.29, 0.717) is 12.2 Å². The number of hydrogen-bond donors (Lipinski definition) is 2. The first-order valence-corrected chi connectivity index (χ1v) is 4.69. The molecule has 1 heterocycles. The maximum atomic E-state index is 10.7. The number of halogens is 1. The lowest BCUT2D eigenvalue weighted by atomic mass is 10.3. The number of quaternary nitrogens is 1. The van der Waals surface area contributed by atoms with E-state index in [-0.39, 0.29) is 24.2 Å². The van der Waals surface area contributed by atoms with Crippen molar-refractivity contribution in [2.24, 2.45) is 0 Å². The van der Waals surface area contributed by atoms with E-state index < -0.39 is 9.84 Å². The molecule has 0 aromatic rings. The molecule has 0 bridgehead atoms. The SMILES string of the molecule is Cl.[NH3+]NC1CCS(=O)(=O)C1. The molecule has 0 spiro atoms. The summed E-state index contributed by atoms with van der Waals surface area (Å²) in [5.41, 5.74) is 2.69. The lowest BCUT2D eigenvalue weighted by molar-refractivity contribution is -0.450. The Bertz CT molecular complexity index is 191. The Morgan fingerprint density at radius 1 is 1.50 bits per heavy atom. The Hall–Kier alpha value is 0.160. The number of rotatable bonds is 1. The second-order valence-corrected chi connectivity index (χ2v) is 4.53. The zero-order valence-corrected chi connectivity index (χ0v) is 7.17. The molecular weight excluding hydrogens is 176 g/mol. The summed E-state index contributed by atoms with van der Waals surface area (Å²) in [6.07, 6.45) is 0.714. The van der Waals surface area contributed by atoms with Crippen LogP contribution in [0.25, 0.3) is 0 Å². The Morgan fingerprint density at radius 3 is 2.30 bits per heavy atom. The van der Waals surface area contributed by atoms with Crippen molar-refractivity contribution in [1.82, 2.24) is 5.43 Å². The standard InChI is InChI=1S/C4H10N2O2S.ClH/c5-6-4-1-2-9(7,8)3-4;/h4,6H,1-3,5H2;1H/p+1. The molecule has 62 valence electrons. The fourth-order valence-corrected chi connectivity index (χ4v) is 2.66. The monoisotopic (exact) mass is 187 g/mol. The summed E-state index contributed by atoms with van der Waals surface area (Å²) in [5, 5.41) is 0. The number of sulfone groups is 1. The third-order valence-electron chi connectivity index (χ3n) is 1.52.